The molecule has 0 unspecified atom stereocenters. The minimum atomic E-state index is -3.62. The van der Waals surface area contributed by atoms with Crippen molar-refractivity contribution in [2.75, 3.05) is 13.7 Å². The second kappa shape index (κ2) is 11.0. The maximum Gasteiger partial charge on any atom is 0.271 e. The average molecular weight is 482 g/mol. The van der Waals surface area contributed by atoms with E-state index >= 15 is 0 Å². The summed E-state index contributed by atoms with van der Waals surface area (Å²) in [6.45, 7) is 4.29. The molecule has 3 aromatic carbocycles. The normalized spacial score (nSPS) is 11.6. The molecule has 3 aromatic rings. The molecule has 3 rings (SSSR count). The number of sulfonamides is 1. The Morgan fingerprint density at radius 1 is 1.09 bits per heavy atom. The number of amides is 1. The van der Waals surface area contributed by atoms with Gasteiger partial charge in [-0.2, -0.15) is 9.41 Å². The van der Waals surface area contributed by atoms with Crippen LogP contribution in [0.3, 0.4) is 0 Å². The Morgan fingerprint density at radius 2 is 1.76 bits per heavy atom. The number of aryl methyl sites for hydroxylation is 1. The summed E-state index contributed by atoms with van der Waals surface area (Å²) in [7, 11) is -2.10. The predicted molar refractivity (Wildman–Crippen MR) is 131 cm³/mol. The maximum atomic E-state index is 12.8. The number of benzene rings is 3. The van der Waals surface area contributed by atoms with E-state index in [1.165, 1.54) is 23.6 Å². The van der Waals surface area contributed by atoms with Crippen molar-refractivity contribution < 1.29 is 23.1 Å². The fourth-order valence-electron chi connectivity index (χ4n) is 3.11. The molecule has 0 atom stereocenters. The van der Waals surface area contributed by atoms with E-state index in [2.05, 4.69) is 10.5 Å². The number of phenolic OH excluding ortho intramolecular Hbond substituents is 1. The van der Waals surface area contributed by atoms with Crippen molar-refractivity contribution >= 4 is 22.1 Å². The van der Waals surface area contributed by atoms with Gasteiger partial charge in [-0.3, -0.25) is 4.79 Å². The first kappa shape index (κ1) is 24.9. The highest BCUT2D eigenvalue weighted by Gasteiger charge is 2.20. The minimum Gasteiger partial charge on any atom is -0.504 e. The van der Waals surface area contributed by atoms with Crippen LogP contribution >= 0.6 is 0 Å². The van der Waals surface area contributed by atoms with Crippen molar-refractivity contribution in [2.45, 2.75) is 25.3 Å². The van der Waals surface area contributed by atoms with Gasteiger partial charge in [-0.1, -0.05) is 29.8 Å². The first-order valence-corrected chi connectivity index (χ1v) is 12.1. The van der Waals surface area contributed by atoms with Gasteiger partial charge in [0.2, 0.25) is 10.0 Å². The Hall–Kier alpha value is -3.69. The molecule has 8 nitrogen and oxygen atoms in total. The number of carbonyl (C=O) groups excluding carboxylic acids is 1. The SMILES string of the molecule is CCOc1cc(C=NNC(=O)c2ccc(CN(C)S(=O)(=O)c3ccc(C)cc3)cc2)ccc1O. The van der Waals surface area contributed by atoms with Crippen LogP contribution in [0.5, 0.6) is 11.5 Å². The number of phenols is 1. The number of hydrogen-bond donors (Lipinski definition) is 2. The van der Waals surface area contributed by atoms with Gasteiger partial charge in [0.1, 0.15) is 0 Å². The lowest BCUT2D eigenvalue weighted by Crippen LogP contribution is -2.26. The van der Waals surface area contributed by atoms with Crippen molar-refractivity contribution in [3.63, 3.8) is 0 Å². The Bertz CT molecular complexity index is 1270. The lowest BCUT2D eigenvalue weighted by atomic mass is 10.1. The summed E-state index contributed by atoms with van der Waals surface area (Å²) in [5, 5.41) is 13.7. The van der Waals surface area contributed by atoms with Crippen LogP contribution in [0.1, 0.15) is 34.0 Å². The van der Waals surface area contributed by atoms with Gasteiger partial charge in [-0.25, -0.2) is 13.8 Å². The van der Waals surface area contributed by atoms with Gasteiger partial charge in [-0.05, 0) is 67.4 Å². The molecule has 0 bridgehead atoms. The van der Waals surface area contributed by atoms with Crippen LogP contribution in [0, 0.1) is 6.92 Å². The molecule has 0 aliphatic carbocycles. The monoisotopic (exact) mass is 481 g/mol. The maximum absolute atomic E-state index is 12.8. The molecule has 0 radical (unpaired) electrons. The van der Waals surface area contributed by atoms with Crippen LogP contribution in [0.15, 0.2) is 76.7 Å². The number of aromatic hydroxyl groups is 1. The van der Waals surface area contributed by atoms with Crippen molar-refractivity contribution in [1.82, 2.24) is 9.73 Å². The molecule has 2 N–H and O–H groups in total. The van der Waals surface area contributed by atoms with Crippen LogP contribution in [0.4, 0.5) is 0 Å². The fourth-order valence-corrected chi connectivity index (χ4v) is 4.26. The van der Waals surface area contributed by atoms with Gasteiger partial charge in [0.05, 0.1) is 17.7 Å². The Morgan fingerprint density at radius 3 is 2.41 bits per heavy atom. The zero-order valence-corrected chi connectivity index (χ0v) is 20.0. The van der Waals surface area contributed by atoms with Crippen LogP contribution < -0.4 is 10.2 Å². The number of nitrogens with zero attached hydrogens (tertiary/aromatic N) is 2. The molecule has 0 saturated heterocycles. The Balaban J connectivity index is 1.60. The van der Waals surface area contributed by atoms with E-state index in [-0.39, 0.29) is 17.2 Å². The van der Waals surface area contributed by atoms with Crippen LogP contribution in [0.2, 0.25) is 0 Å². The molecule has 0 aromatic heterocycles. The van der Waals surface area contributed by atoms with Crippen molar-refractivity contribution in [3.8, 4) is 11.5 Å². The van der Waals surface area contributed by atoms with Crippen LogP contribution in [0.25, 0.3) is 0 Å². The van der Waals surface area contributed by atoms with Gasteiger partial charge in [0.25, 0.3) is 5.91 Å². The van der Waals surface area contributed by atoms with Crippen LogP contribution in [-0.4, -0.2) is 43.6 Å². The lowest BCUT2D eigenvalue weighted by molar-refractivity contribution is 0.0955. The summed E-state index contributed by atoms with van der Waals surface area (Å²) in [5.74, 6) is -0.0459. The van der Waals surface area contributed by atoms with Gasteiger partial charge >= 0.3 is 0 Å². The molecular formula is C25H27N3O5S. The van der Waals surface area contributed by atoms with Gasteiger partial charge in [0.15, 0.2) is 11.5 Å². The average Bonchev–Trinajstić information content (AvgIpc) is 2.82. The van der Waals surface area contributed by atoms with E-state index in [4.69, 9.17) is 4.74 Å². The van der Waals surface area contributed by atoms with Crippen molar-refractivity contribution in [2.24, 2.45) is 5.10 Å². The standard InChI is InChI=1S/C25H27N3O5S/c1-4-33-24-15-20(9-14-23(24)29)16-26-27-25(30)21-10-7-19(8-11-21)17-28(3)34(31,32)22-12-5-18(2)6-13-22/h5-16,29H,4,17H2,1-3H3,(H,27,30). The van der Waals surface area contributed by atoms with E-state index in [1.54, 1.807) is 60.7 Å². The Kier molecular flexibility index (Phi) is 8.04. The number of hydrazone groups is 1. The molecule has 1 amide bonds. The summed E-state index contributed by atoms with van der Waals surface area (Å²) in [5.41, 5.74) is 5.20. The number of carbonyl (C=O) groups is 1. The van der Waals surface area contributed by atoms with Crippen LogP contribution in [-0.2, 0) is 16.6 Å². The molecule has 0 aliphatic rings. The second-order valence-corrected chi connectivity index (χ2v) is 9.68. The highest BCUT2D eigenvalue weighted by Crippen LogP contribution is 2.26. The fraction of sp³-hybridized carbons (Fsp3) is 0.200. The molecule has 0 saturated carbocycles. The number of nitrogens with one attached hydrogen (secondary N) is 1. The highest BCUT2D eigenvalue weighted by atomic mass is 32.2. The third kappa shape index (κ3) is 6.21. The van der Waals surface area contributed by atoms with E-state index in [0.717, 1.165) is 11.1 Å². The summed E-state index contributed by atoms with van der Waals surface area (Å²) >= 11 is 0. The molecule has 0 spiro atoms. The summed E-state index contributed by atoms with van der Waals surface area (Å²) in [6, 6.07) is 18.1. The van der Waals surface area contributed by atoms with Gasteiger partial charge in [0, 0.05) is 19.2 Å². The van der Waals surface area contributed by atoms with Crippen molar-refractivity contribution in [3.05, 3.63) is 89.0 Å². The number of hydrogen-bond acceptors (Lipinski definition) is 6. The van der Waals surface area contributed by atoms with Crippen molar-refractivity contribution in [1.29, 1.82) is 0 Å². The summed E-state index contributed by atoms with van der Waals surface area (Å²) < 4.78 is 32.1. The molecule has 9 heteroatoms. The summed E-state index contributed by atoms with van der Waals surface area (Å²) in [4.78, 5) is 12.6. The molecular weight excluding hydrogens is 454 g/mol. The molecule has 0 heterocycles. The molecule has 0 aliphatic heterocycles. The summed E-state index contributed by atoms with van der Waals surface area (Å²) in [6.07, 6.45) is 1.44. The zero-order chi connectivity index (χ0) is 24.7. The minimum absolute atomic E-state index is 0.0282. The number of rotatable bonds is 9. The van der Waals surface area contributed by atoms with E-state index in [9.17, 15) is 18.3 Å². The van der Waals surface area contributed by atoms with E-state index in [1.807, 2.05) is 13.8 Å². The third-order valence-corrected chi connectivity index (χ3v) is 6.83. The zero-order valence-electron chi connectivity index (χ0n) is 19.2. The van der Waals surface area contributed by atoms with E-state index < -0.39 is 15.9 Å². The predicted octanol–water partition coefficient (Wildman–Crippen LogP) is 3.68. The molecule has 178 valence electrons. The highest BCUT2D eigenvalue weighted by molar-refractivity contribution is 7.89. The third-order valence-electron chi connectivity index (χ3n) is 5.01. The largest absolute Gasteiger partial charge is 0.504 e. The topological polar surface area (TPSA) is 108 Å². The Labute approximate surface area is 199 Å². The molecule has 34 heavy (non-hydrogen) atoms. The van der Waals surface area contributed by atoms with Gasteiger partial charge < -0.3 is 9.84 Å². The lowest BCUT2D eigenvalue weighted by Gasteiger charge is -2.17. The smallest absolute Gasteiger partial charge is 0.271 e. The van der Waals surface area contributed by atoms with Gasteiger partial charge in [-0.15, -0.1) is 0 Å². The molecule has 0 fully saturated rings. The second-order valence-electron chi connectivity index (χ2n) is 7.63. The number of ether oxygens (including phenoxy) is 1. The quantitative estimate of drug-likeness (QED) is 0.358. The first-order valence-electron chi connectivity index (χ1n) is 10.6. The first-order chi connectivity index (χ1) is 16.2. The van der Waals surface area contributed by atoms with E-state index in [0.29, 0.717) is 23.5 Å².